The van der Waals surface area contributed by atoms with Crippen molar-refractivity contribution in [3.8, 4) is 0 Å². The maximum atomic E-state index is 4.66. The van der Waals surface area contributed by atoms with Gasteiger partial charge in [-0.3, -0.25) is 4.90 Å². The SMILES string of the molecule is CCN(Cc1nc(C)c(C)s1)CC1CCNCC1. The summed E-state index contributed by atoms with van der Waals surface area (Å²) in [6, 6.07) is 0. The lowest BCUT2D eigenvalue weighted by Gasteiger charge is -2.28. The second-order valence-corrected chi connectivity index (χ2v) is 6.56. The molecular formula is C14H25N3S. The molecule has 102 valence electrons. The van der Waals surface area contributed by atoms with Crippen LogP contribution in [-0.4, -0.2) is 36.1 Å². The van der Waals surface area contributed by atoms with Gasteiger partial charge in [0.2, 0.25) is 0 Å². The van der Waals surface area contributed by atoms with Crippen molar-refractivity contribution in [2.45, 2.75) is 40.2 Å². The highest BCUT2D eigenvalue weighted by atomic mass is 32.1. The fraction of sp³-hybridized carbons (Fsp3) is 0.786. The zero-order valence-electron chi connectivity index (χ0n) is 11.8. The maximum absolute atomic E-state index is 4.66. The topological polar surface area (TPSA) is 28.2 Å². The van der Waals surface area contributed by atoms with Crippen LogP contribution in [0.3, 0.4) is 0 Å². The fourth-order valence-corrected chi connectivity index (χ4v) is 3.51. The molecule has 0 atom stereocenters. The molecule has 1 aliphatic heterocycles. The minimum absolute atomic E-state index is 0.869. The van der Waals surface area contributed by atoms with Crippen LogP contribution in [0.4, 0.5) is 0 Å². The molecule has 1 aromatic heterocycles. The molecule has 4 heteroatoms. The molecule has 0 aliphatic carbocycles. The Morgan fingerprint density at radius 3 is 2.61 bits per heavy atom. The van der Waals surface area contributed by atoms with E-state index < -0.39 is 0 Å². The van der Waals surface area contributed by atoms with E-state index in [1.807, 2.05) is 11.3 Å². The van der Waals surface area contributed by atoms with Crippen LogP contribution in [0.15, 0.2) is 0 Å². The van der Waals surface area contributed by atoms with Crippen molar-refractivity contribution in [3.63, 3.8) is 0 Å². The number of hydrogen-bond acceptors (Lipinski definition) is 4. The molecule has 1 aliphatic rings. The Kier molecular flexibility index (Phi) is 5.15. The Bertz CT molecular complexity index is 350. The molecule has 1 fully saturated rings. The van der Waals surface area contributed by atoms with Crippen molar-refractivity contribution >= 4 is 11.3 Å². The summed E-state index contributed by atoms with van der Waals surface area (Å²) in [6.07, 6.45) is 2.65. The first-order valence-electron chi connectivity index (χ1n) is 7.05. The Morgan fingerprint density at radius 1 is 1.33 bits per heavy atom. The number of thiazole rings is 1. The highest BCUT2D eigenvalue weighted by molar-refractivity contribution is 7.11. The number of aryl methyl sites for hydroxylation is 2. The average molecular weight is 267 g/mol. The van der Waals surface area contributed by atoms with Gasteiger partial charge in [0, 0.05) is 11.4 Å². The molecule has 2 rings (SSSR count). The van der Waals surface area contributed by atoms with Gasteiger partial charge in [0.05, 0.1) is 12.2 Å². The second kappa shape index (κ2) is 6.64. The van der Waals surface area contributed by atoms with Crippen LogP contribution in [0.1, 0.15) is 35.3 Å². The quantitative estimate of drug-likeness (QED) is 0.889. The lowest BCUT2D eigenvalue weighted by molar-refractivity contribution is 0.207. The minimum Gasteiger partial charge on any atom is -0.317 e. The Labute approximate surface area is 115 Å². The van der Waals surface area contributed by atoms with Crippen molar-refractivity contribution in [1.29, 1.82) is 0 Å². The van der Waals surface area contributed by atoms with Gasteiger partial charge in [-0.05, 0) is 52.2 Å². The summed E-state index contributed by atoms with van der Waals surface area (Å²) < 4.78 is 0. The summed E-state index contributed by atoms with van der Waals surface area (Å²) in [7, 11) is 0. The highest BCUT2D eigenvalue weighted by Crippen LogP contribution is 2.20. The van der Waals surface area contributed by atoms with E-state index in [0.717, 1.165) is 19.0 Å². The van der Waals surface area contributed by atoms with Crippen LogP contribution < -0.4 is 5.32 Å². The van der Waals surface area contributed by atoms with Crippen LogP contribution in [0.5, 0.6) is 0 Å². The van der Waals surface area contributed by atoms with Gasteiger partial charge in [-0.25, -0.2) is 4.98 Å². The number of nitrogens with zero attached hydrogens (tertiary/aromatic N) is 2. The Morgan fingerprint density at radius 2 is 2.06 bits per heavy atom. The molecule has 3 nitrogen and oxygen atoms in total. The van der Waals surface area contributed by atoms with E-state index in [2.05, 4.69) is 36.0 Å². The molecule has 0 radical (unpaired) electrons. The monoisotopic (exact) mass is 267 g/mol. The van der Waals surface area contributed by atoms with E-state index in [1.54, 1.807) is 0 Å². The highest BCUT2D eigenvalue weighted by Gasteiger charge is 2.17. The van der Waals surface area contributed by atoms with Gasteiger partial charge >= 0.3 is 0 Å². The van der Waals surface area contributed by atoms with Crippen molar-refractivity contribution in [2.24, 2.45) is 5.92 Å². The average Bonchev–Trinajstić information content (AvgIpc) is 2.69. The molecule has 18 heavy (non-hydrogen) atoms. The number of aromatic nitrogens is 1. The predicted molar refractivity (Wildman–Crippen MR) is 78.1 cm³/mol. The van der Waals surface area contributed by atoms with Crippen LogP contribution in [0.2, 0.25) is 0 Å². The number of rotatable bonds is 5. The van der Waals surface area contributed by atoms with Crippen LogP contribution in [0, 0.1) is 19.8 Å². The van der Waals surface area contributed by atoms with Gasteiger partial charge < -0.3 is 5.32 Å². The second-order valence-electron chi connectivity index (χ2n) is 5.27. The molecule has 0 saturated carbocycles. The molecule has 0 unspecified atom stereocenters. The molecule has 2 heterocycles. The van der Waals surface area contributed by atoms with Gasteiger partial charge in [-0.15, -0.1) is 11.3 Å². The van der Waals surface area contributed by atoms with Crippen molar-refractivity contribution in [1.82, 2.24) is 15.2 Å². The lowest BCUT2D eigenvalue weighted by Crippen LogP contribution is -2.35. The summed E-state index contributed by atoms with van der Waals surface area (Å²) in [5.74, 6) is 0.869. The van der Waals surface area contributed by atoms with Gasteiger partial charge in [0.1, 0.15) is 5.01 Å². The Hall–Kier alpha value is -0.450. The van der Waals surface area contributed by atoms with E-state index in [-0.39, 0.29) is 0 Å². The zero-order valence-corrected chi connectivity index (χ0v) is 12.6. The third-order valence-electron chi connectivity index (χ3n) is 3.85. The maximum Gasteiger partial charge on any atom is 0.107 e. The van der Waals surface area contributed by atoms with Gasteiger partial charge in [0.15, 0.2) is 0 Å². The molecule has 0 amide bonds. The van der Waals surface area contributed by atoms with E-state index in [9.17, 15) is 0 Å². The largest absolute Gasteiger partial charge is 0.317 e. The Balaban J connectivity index is 1.88. The lowest BCUT2D eigenvalue weighted by atomic mass is 9.97. The molecule has 0 bridgehead atoms. The summed E-state index contributed by atoms with van der Waals surface area (Å²) >= 11 is 1.85. The first-order chi connectivity index (χ1) is 8.69. The van der Waals surface area contributed by atoms with Crippen molar-refractivity contribution in [2.75, 3.05) is 26.2 Å². The van der Waals surface area contributed by atoms with Crippen LogP contribution >= 0.6 is 11.3 Å². The number of nitrogens with one attached hydrogen (secondary N) is 1. The minimum atomic E-state index is 0.869. The molecule has 0 spiro atoms. The standard InChI is InChI=1S/C14H25N3S/c1-4-17(9-13-5-7-15-8-6-13)10-14-16-11(2)12(3)18-14/h13,15H,4-10H2,1-3H3. The predicted octanol–water partition coefficient (Wildman–Crippen LogP) is 2.58. The van der Waals surface area contributed by atoms with E-state index >= 15 is 0 Å². The summed E-state index contributed by atoms with van der Waals surface area (Å²) in [5.41, 5.74) is 1.20. The van der Waals surface area contributed by atoms with Crippen LogP contribution in [-0.2, 0) is 6.54 Å². The van der Waals surface area contributed by atoms with Gasteiger partial charge in [0.25, 0.3) is 0 Å². The van der Waals surface area contributed by atoms with E-state index in [1.165, 1.54) is 48.1 Å². The third kappa shape index (κ3) is 3.77. The summed E-state index contributed by atoms with van der Waals surface area (Å²) in [6.45, 7) is 12.3. The molecular weight excluding hydrogens is 242 g/mol. The summed E-state index contributed by atoms with van der Waals surface area (Å²) in [4.78, 5) is 8.57. The number of piperidine rings is 1. The normalized spacial score (nSPS) is 17.6. The van der Waals surface area contributed by atoms with Crippen LogP contribution in [0.25, 0.3) is 0 Å². The van der Waals surface area contributed by atoms with Gasteiger partial charge in [-0.2, -0.15) is 0 Å². The van der Waals surface area contributed by atoms with Crippen molar-refractivity contribution < 1.29 is 0 Å². The fourth-order valence-electron chi connectivity index (χ4n) is 2.53. The van der Waals surface area contributed by atoms with Crippen molar-refractivity contribution in [3.05, 3.63) is 15.6 Å². The zero-order chi connectivity index (χ0) is 13.0. The number of hydrogen-bond donors (Lipinski definition) is 1. The first-order valence-corrected chi connectivity index (χ1v) is 7.86. The van der Waals surface area contributed by atoms with E-state index in [4.69, 9.17) is 0 Å². The third-order valence-corrected chi connectivity index (χ3v) is 4.91. The molecule has 1 saturated heterocycles. The molecule has 1 N–H and O–H groups in total. The van der Waals surface area contributed by atoms with Gasteiger partial charge in [-0.1, -0.05) is 6.92 Å². The molecule has 1 aromatic rings. The molecule has 0 aromatic carbocycles. The first kappa shape index (κ1) is 14.0. The summed E-state index contributed by atoms with van der Waals surface area (Å²) in [5, 5.41) is 4.72. The van der Waals surface area contributed by atoms with E-state index in [0.29, 0.717) is 0 Å². The smallest absolute Gasteiger partial charge is 0.107 e.